The normalized spacial score (nSPS) is 14.3. The highest BCUT2D eigenvalue weighted by Crippen LogP contribution is 2.22. The van der Waals surface area contributed by atoms with Crippen LogP contribution in [0.1, 0.15) is 29.7 Å². The van der Waals surface area contributed by atoms with Crippen LogP contribution in [0.3, 0.4) is 0 Å². The molecule has 28 heavy (non-hydrogen) atoms. The third-order valence-corrected chi connectivity index (χ3v) is 4.95. The van der Waals surface area contributed by atoms with Crippen LogP contribution < -0.4 is 16.2 Å². The Bertz CT molecular complexity index is 1150. The molecule has 1 atom stereocenters. The molecule has 3 aromatic rings. The molecular formula is C20H20N6O2. The second kappa shape index (κ2) is 7.38. The van der Waals surface area contributed by atoms with Gasteiger partial charge in [-0.3, -0.25) is 9.36 Å². The summed E-state index contributed by atoms with van der Waals surface area (Å²) in [7, 11) is 0. The van der Waals surface area contributed by atoms with Crippen molar-refractivity contribution in [1.29, 1.82) is 5.26 Å². The van der Waals surface area contributed by atoms with E-state index in [2.05, 4.69) is 32.7 Å². The Balaban J connectivity index is 1.77. The van der Waals surface area contributed by atoms with Crippen molar-refractivity contribution in [3.05, 3.63) is 57.5 Å². The van der Waals surface area contributed by atoms with Crippen molar-refractivity contribution >= 4 is 22.7 Å². The van der Waals surface area contributed by atoms with Gasteiger partial charge in [0.05, 0.1) is 12.6 Å². The number of aliphatic hydroxyl groups is 1. The lowest BCUT2D eigenvalue weighted by Crippen LogP contribution is -2.28. The molecule has 1 aliphatic rings. The summed E-state index contributed by atoms with van der Waals surface area (Å²) in [4.78, 5) is 21.4. The number of pyridine rings is 1. The van der Waals surface area contributed by atoms with E-state index >= 15 is 0 Å². The lowest BCUT2D eigenvalue weighted by atomic mass is 10.0. The number of hydrogen-bond donors (Lipinski definition) is 3. The van der Waals surface area contributed by atoms with Crippen molar-refractivity contribution in [2.24, 2.45) is 0 Å². The molecule has 3 heterocycles. The van der Waals surface area contributed by atoms with E-state index < -0.39 is 11.6 Å². The molecule has 142 valence electrons. The second-order valence-electron chi connectivity index (χ2n) is 6.88. The number of nitriles is 1. The molecule has 0 spiro atoms. The molecular weight excluding hydrogens is 356 g/mol. The highest BCUT2D eigenvalue weighted by atomic mass is 16.3. The average molecular weight is 376 g/mol. The minimum atomic E-state index is -0.512. The van der Waals surface area contributed by atoms with Gasteiger partial charge in [-0.15, -0.1) is 0 Å². The van der Waals surface area contributed by atoms with Crippen LogP contribution >= 0.6 is 0 Å². The molecule has 0 radical (unpaired) electrons. The molecule has 2 aromatic heterocycles. The number of rotatable bonds is 4. The molecule has 0 fully saturated rings. The monoisotopic (exact) mass is 376 g/mol. The van der Waals surface area contributed by atoms with Crippen molar-refractivity contribution in [2.75, 3.05) is 18.5 Å². The Morgan fingerprint density at radius 2 is 2.25 bits per heavy atom. The Morgan fingerprint density at radius 3 is 3.04 bits per heavy atom. The van der Waals surface area contributed by atoms with E-state index in [1.54, 1.807) is 13.1 Å². The maximum Gasteiger partial charge on any atom is 0.270 e. The van der Waals surface area contributed by atoms with E-state index in [1.165, 1.54) is 21.8 Å². The smallest absolute Gasteiger partial charge is 0.270 e. The first-order valence-corrected chi connectivity index (χ1v) is 9.13. The zero-order valence-corrected chi connectivity index (χ0v) is 15.4. The van der Waals surface area contributed by atoms with Gasteiger partial charge in [0.25, 0.3) is 5.56 Å². The zero-order valence-electron chi connectivity index (χ0n) is 15.4. The van der Waals surface area contributed by atoms with Crippen LogP contribution in [-0.4, -0.2) is 32.8 Å². The number of fused-ring (bicyclic) bond motifs is 2. The first-order chi connectivity index (χ1) is 13.6. The Morgan fingerprint density at radius 1 is 1.39 bits per heavy atom. The van der Waals surface area contributed by atoms with Gasteiger partial charge in [0, 0.05) is 23.8 Å². The van der Waals surface area contributed by atoms with Crippen LogP contribution in [-0.2, 0) is 13.0 Å². The van der Waals surface area contributed by atoms with Crippen LogP contribution in [0.5, 0.6) is 0 Å². The van der Waals surface area contributed by atoms with Gasteiger partial charge < -0.3 is 15.7 Å². The van der Waals surface area contributed by atoms with E-state index in [4.69, 9.17) is 0 Å². The van der Waals surface area contributed by atoms with Gasteiger partial charge >= 0.3 is 0 Å². The van der Waals surface area contributed by atoms with Gasteiger partial charge in [-0.1, -0.05) is 6.07 Å². The maximum atomic E-state index is 12.6. The molecule has 4 rings (SSSR count). The first-order valence-electron chi connectivity index (χ1n) is 9.13. The quantitative estimate of drug-likeness (QED) is 0.633. The molecule has 3 N–H and O–H groups in total. The second-order valence-corrected chi connectivity index (χ2v) is 6.88. The molecule has 1 aromatic carbocycles. The maximum absolute atomic E-state index is 12.6. The fourth-order valence-electron chi connectivity index (χ4n) is 3.44. The van der Waals surface area contributed by atoms with Gasteiger partial charge in [0.1, 0.15) is 17.3 Å². The zero-order chi connectivity index (χ0) is 19.7. The average Bonchev–Trinajstić information content (AvgIpc) is 2.72. The van der Waals surface area contributed by atoms with Gasteiger partial charge in [-0.25, -0.2) is 4.98 Å². The van der Waals surface area contributed by atoms with Crippen LogP contribution in [0.25, 0.3) is 11.0 Å². The highest BCUT2D eigenvalue weighted by Gasteiger charge is 2.16. The van der Waals surface area contributed by atoms with Crippen LogP contribution in [0.15, 0.2) is 35.3 Å². The number of nitrogens with zero attached hydrogens (tertiary/aromatic N) is 4. The SMILES string of the molecule is CC(CO)n1c(=O)c(C#N)cc2cnc(Nc3ccc4c(c3)CCNC4)nc21. The van der Waals surface area contributed by atoms with E-state index in [0.717, 1.165) is 25.2 Å². The number of benzene rings is 1. The van der Waals surface area contributed by atoms with Crippen molar-refractivity contribution < 1.29 is 5.11 Å². The number of anilines is 2. The standard InChI is InChI=1S/C20H20N6O2/c1-12(11-27)26-18-16(6-15(8-21)19(26)28)10-23-20(25-18)24-17-3-2-14-9-22-5-4-13(14)7-17/h2-3,6-7,10,12,22,27H,4-5,9,11H2,1H3,(H,23,24,25). The van der Waals surface area contributed by atoms with Gasteiger partial charge in [-0.05, 0) is 49.2 Å². The van der Waals surface area contributed by atoms with Crippen LogP contribution in [0.4, 0.5) is 11.6 Å². The van der Waals surface area contributed by atoms with Crippen LogP contribution in [0, 0.1) is 11.3 Å². The number of hydrogen-bond acceptors (Lipinski definition) is 7. The predicted octanol–water partition coefficient (Wildman–Crippen LogP) is 1.61. The van der Waals surface area contributed by atoms with Crippen molar-refractivity contribution in [3.8, 4) is 6.07 Å². The number of nitrogens with one attached hydrogen (secondary N) is 2. The summed E-state index contributed by atoms with van der Waals surface area (Å²) in [5, 5.41) is 25.9. The molecule has 1 aliphatic heterocycles. The largest absolute Gasteiger partial charge is 0.394 e. The van der Waals surface area contributed by atoms with Crippen LogP contribution in [0.2, 0.25) is 0 Å². The first kappa shape index (κ1) is 18.1. The van der Waals surface area contributed by atoms with Crippen molar-refractivity contribution in [1.82, 2.24) is 19.9 Å². The molecule has 8 heteroatoms. The summed E-state index contributed by atoms with van der Waals surface area (Å²) in [6.07, 6.45) is 2.54. The lowest BCUT2D eigenvalue weighted by molar-refractivity contribution is 0.239. The topological polar surface area (TPSA) is 116 Å². The third-order valence-electron chi connectivity index (χ3n) is 4.95. The minimum absolute atomic E-state index is 0.000376. The summed E-state index contributed by atoms with van der Waals surface area (Å²) in [5.41, 5.74) is 3.35. The molecule has 1 unspecified atom stereocenters. The fraction of sp³-hybridized carbons (Fsp3) is 0.300. The predicted molar refractivity (Wildman–Crippen MR) is 105 cm³/mol. The van der Waals surface area contributed by atoms with E-state index in [9.17, 15) is 15.2 Å². The van der Waals surface area contributed by atoms with Crippen molar-refractivity contribution in [2.45, 2.75) is 25.9 Å². The minimum Gasteiger partial charge on any atom is -0.394 e. The highest BCUT2D eigenvalue weighted by molar-refractivity contribution is 5.77. The fourth-order valence-corrected chi connectivity index (χ4v) is 3.44. The number of aliphatic hydroxyl groups excluding tert-OH is 1. The Kier molecular flexibility index (Phi) is 4.77. The summed E-state index contributed by atoms with van der Waals surface area (Å²) >= 11 is 0. The molecule has 8 nitrogen and oxygen atoms in total. The molecule has 0 amide bonds. The molecule has 0 bridgehead atoms. The third kappa shape index (κ3) is 3.22. The summed E-state index contributed by atoms with van der Waals surface area (Å²) in [5.74, 6) is 0.351. The van der Waals surface area contributed by atoms with E-state index in [-0.39, 0.29) is 12.2 Å². The van der Waals surface area contributed by atoms with Gasteiger partial charge in [-0.2, -0.15) is 10.2 Å². The van der Waals surface area contributed by atoms with Gasteiger partial charge in [0.15, 0.2) is 0 Å². The summed E-state index contributed by atoms with van der Waals surface area (Å²) < 4.78 is 1.35. The molecule has 0 aliphatic carbocycles. The summed E-state index contributed by atoms with van der Waals surface area (Å²) in [6, 6.07) is 9.01. The van der Waals surface area contributed by atoms with E-state index in [1.807, 2.05) is 12.1 Å². The van der Waals surface area contributed by atoms with Crippen molar-refractivity contribution in [3.63, 3.8) is 0 Å². The summed E-state index contributed by atoms with van der Waals surface area (Å²) in [6.45, 7) is 3.29. The molecule has 0 saturated heterocycles. The lowest BCUT2D eigenvalue weighted by Gasteiger charge is -2.18. The van der Waals surface area contributed by atoms with E-state index in [0.29, 0.717) is 17.0 Å². The number of aromatic nitrogens is 3. The molecule has 0 saturated carbocycles. The Hall–Kier alpha value is -3.28. The van der Waals surface area contributed by atoms with Gasteiger partial charge in [0.2, 0.25) is 5.95 Å². The Labute approximate surface area is 161 Å².